The van der Waals surface area contributed by atoms with Gasteiger partial charge in [0.2, 0.25) is 5.89 Å². The van der Waals surface area contributed by atoms with E-state index in [4.69, 9.17) is 14.9 Å². The molecule has 4 rings (SSSR count). The molecule has 0 fully saturated rings. The van der Waals surface area contributed by atoms with Crippen molar-refractivity contribution >= 4 is 16.8 Å². The Bertz CT molecular complexity index is 1020. The fourth-order valence-corrected chi connectivity index (χ4v) is 2.79. The van der Waals surface area contributed by atoms with Crippen molar-refractivity contribution in [1.29, 1.82) is 0 Å². The molecular formula is C22H20N2O2. The van der Waals surface area contributed by atoms with Crippen LogP contribution in [0.15, 0.2) is 71.1 Å². The summed E-state index contributed by atoms with van der Waals surface area (Å²) in [5.74, 6) is 1.42. The maximum Gasteiger partial charge on any atom is 0.227 e. The van der Waals surface area contributed by atoms with E-state index in [-0.39, 0.29) is 0 Å². The fourth-order valence-electron chi connectivity index (χ4n) is 2.79. The highest BCUT2D eigenvalue weighted by molar-refractivity contribution is 5.77. The molecule has 0 unspecified atom stereocenters. The van der Waals surface area contributed by atoms with Crippen molar-refractivity contribution in [2.45, 2.75) is 20.0 Å². The molecule has 0 spiro atoms. The van der Waals surface area contributed by atoms with Crippen LogP contribution in [-0.2, 0) is 13.0 Å². The highest BCUT2D eigenvalue weighted by atomic mass is 16.5. The Morgan fingerprint density at radius 1 is 0.923 bits per heavy atom. The third kappa shape index (κ3) is 3.40. The first-order chi connectivity index (χ1) is 12.7. The normalized spacial score (nSPS) is 11.0. The van der Waals surface area contributed by atoms with Crippen LogP contribution in [0.2, 0.25) is 0 Å². The summed E-state index contributed by atoms with van der Waals surface area (Å²) in [4.78, 5) is 4.60. The molecular weight excluding hydrogens is 324 g/mol. The van der Waals surface area contributed by atoms with Crippen molar-refractivity contribution in [3.05, 3.63) is 77.9 Å². The molecule has 0 aliphatic heterocycles. The topological polar surface area (TPSA) is 61.3 Å². The zero-order valence-corrected chi connectivity index (χ0v) is 14.6. The van der Waals surface area contributed by atoms with Crippen LogP contribution in [0.5, 0.6) is 5.75 Å². The molecule has 0 bridgehead atoms. The molecule has 4 heteroatoms. The Kier molecular flexibility index (Phi) is 4.32. The van der Waals surface area contributed by atoms with Crippen molar-refractivity contribution in [3.63, 3.8) is 0 Å². The van der Waals surface area contributed by atoms with E-state index in [1.54, 1.807) is 0 Å². The van der Waals surface area contributed by atoms with Gasteiger partial charge in [0.05, 0.1) is 0 Å². The van der Waals surface area contributed by atoms with E-state index in [1.807, 2.05) is 54.6 Å². The zero-order valence-electron chi connectivity index (χ0n) is 14.6. The van der Waals surface area contributed by atoms with Gasteiger partial charge < -0.3 is 14.9 Å². The van der Waals surface area contributed by atoms with Crippen molar-refractivity contribution in [1.82, 2.24) is 4.98 Å². The Morgan fingerprint density at radius 3 is 2.38 bits per heavy atom. The standard InChI is InChI=1S/C22H20N2O2/c1-2-15-5-12-21-20(13-15)24-22(26-21)17-6-10-19(11-7-17)25-14-16-3-8-18(23)9-4-16/h3-13H,2,14,23H2,1H3. The summed E-state index contributed by atoms with van der Waals surface area (Å²) < 4.78 is 11.7. The first-order valence-electron chi connectivity index (χ1n) is 8.68. The van der Waals surface area contributed by atoms with Gasteiger partial charge in [-0.25, -0.2) is 4.98 Å². The van der Waals surface area contributed by atoms with Gasteiger partial charge in [0.15, 0.2) is 5.58 Å². The molecule has 3 aromatic carbocycles. The van der Waals surface area contributed by atoms with Gasteiger partial charge in [-0.15, -0.1) is 0 Å². The van der Waals surface area contributed by atoms with Crippen LogP contribution in [0.25, 0.3) is 22.6 Å². The van der Waals surface area contributed by atoms with E-state index in [0.717, 1.165) is 40.1 Å². The summed E-state index contributed by atoms with van der Waals surface area (Å²) in [7, 11) is 0. The molecule has 1 heterocycles. The fraction of sp³-hybridized carbons (Fsp3) is 0.136. The molecule has 26 heavy (non-hydrogen) atoms. The molecule has 4 nitrogen and oxygen atoms in total. The maximum atomic E-state index is 5.87. The molecule has 2 N–H and O–H groups in total. The van der Waals surface area contributed by atoms with Crippen LogP contribution >= 0.6 is 0 Å². The third-order valence-corrected chi connectivity index (χ3v) is 4.35. The quantitative estimate of drug-likeness (QED) is 0.504. The monoisotopic (exact) mass is 344 g/mol. The van der Waals surface area contributed by atoms with Crippen molar-refractivity contribution in [2.24, 2.45) is 0 Å². The molecule has 1 aromatic heterocycles. The van der Waals surface area contributed by atoms with Crippen LogP contribution in [0, 0.1) is 0 Å². The predicted molar refractivity (Wildman–Crippen MR) is 104 cm³/mol. The lowest BCUT2D eigenvalue weighted by Gasteiger charge is -2.07. The number of fused-ring (bicyclic) bond motifs is 1. The number of aromatic nitrogens is 1. The Balaban J connectivity index is 1.49. The minimum Gasteiger partial charge on any atom is -0.489 e. The van der Waals surface area contributed by atoms with E-state index in [0.29, 0.717) is 12.5 Å². The summed E-state index contributed by atoms with van der Waals surface area (Å²) in [6, 6.07) is 21.6. The van der Waals surface area contributed by atoms with Crippen LogP contribution in [-0.4, -0.2) is 4.98 Å². The highest BCUT2D eigenvalue weighted by Gasteiger charge is 2.09. The van der Waals surface area contributed by atoms with Crippen molar-refractivity contribution < 1.29 is 9.15 Å². The van der Waals surface area contributed by atoms with E-state index in [2.05, 4.69) is 24.0 Å². The van der Waals surface area contributed by atoms with Crippen LogP contribution < -0.4 is 10.5 Å². The molecule has 0 aliphatic rings. The van der Waals surface area contributed by atoms with Crippen LogP contribution in [0.1, 0.15) is 18.1 Å². The number of aryl methyl sites for hydroxylation is 1. The number of hydrogen-bond acceptors (Lipinski definition) is 4. The average molecular weight is 344 g/mol. The number of nitrogen functional groups attached to an aromatic ring is 1. The number of anilines is 1. The van der Waals surface area contributed by atoms with E-state index in [1.165, 1.54) is 5.56 Å². The summed E-state index contributed by atoms with van der Waals surface area (Å²) in [5.41, 5.74) is 11.4. The number of hydrogen-bond donors (Lipinski definition) is 1. The van der Waals surface area contributed by atoms with Crippen LogP contribution in [0.3, 0.4) is 0 Å². The predicted octanol–water partition coefficient (Wildman–Crippen LogP) is 5.22. The molecule has 0 radical (unpaired) electrons. The first kappa shape index (κ1) is 16.2. The summed E-state index contributed by atoms with van der Waals surface area (Å²) >= 11 is 0. The van der Waals surface area contributed by atoms with Crippen LogP contribution in [0.4, 0.5) is 5.69 Å². The van der Waals surface area contributed by atoms with Gasteiger partial charge in [-0.1, -0.05) is 25.1 Å². The lowest BCUT2D eigenvalue weighted by molar-refractivity contribution is 0.306. The number of benzene rings is 3. The molecule has 0 saturated heterocycles. The van der Waals surface area contributed by atoms with E-state index < -0.39 is 0 Å². The second-order valence-corrected chi connectivity index (χ2v) is 6.23. The molecule has 0 atom stereocenters. The number of nitrogens with zero attached hydrogens (tertiary/aromatic N) is 1. The first-order valence-corrected chi connectivity index (χ1v) is 8.68. The Hall–Kier alpha value is -3.27. The summed E-state index contributed by atoms with van der Waals surface area (Å²) in [5, 5.41) is 0. The van der Waals surface area contributed by atoms with Crippen molar-refractivity contribution in [2.75, 3.05) is 5.73 Å². The number of oxazole rings is 1. The number of nitrogens with two attached hydrogens (primary N) is 1. The Morgan fingerprint density at radius 2 is 1.65 bits per heavy atom. The third-order valence-electron chi connectivity index (χ3n) is 4.35. The van der Waals surface area contributed by atoms with Gasteiger partial charge in [0.25, 0.3) is 0 Å². The maximum absolute atomic E-state index is 5.87. The molecule has 0 amide bonds. The Labute approximate surface area is 152 Å². The van der Waals surface area contributed by atoms with Gasteiger partial charge in [-0.3, -0.25) is 0 Å². The second-order valence-electron chi connectivity index (χ2n) is 6.23. The molecule has 130 valence electrons. The van der Waals surface area contributed by atoms with Gasteiger partial charge in [-0.05, 0) is 66.1 Å². The largest absolute Gasteiger partial charge is 0.489 e. The van der Waals surface area contributed by atoms with Gasteiger partial charge in [0, 0.05) is 11.3 Å². The number of rotatable bonds is 5. The lowest BCUT2D eigenvalue weighted by Crippen LogP contribution is -1.95. The van der Waals surface area contributed by atoms with Crippen molar-refractivity contribution in [3.8, 4) is 17.2 Å². The van der Waals surface area contributed by atoms with Gasteiger partial charge >= 0.3 is 0 Å². The van der Waals surface area contributed by atoms with E-state index >= 15 is 0 Å². The average Bonchev–Trinajstić information content (AvgIpc) is 3.11. The van der Waals surface area contributed by atoms with Gasteiger partial charge in [0.1, 0.15) is 17.9 Å². The van der Waals surface area contributed by atoms with Gasteiger partial charge in [-0.2, -0.15) is 0 Å². The number of ether oxygens (including phenoxy) is 1. The van der Waals surface area contributed by atoms with E-state index in [9.17, 15) is 0 Å². The highest BCUT2D eigenvalue weighted by Crippen LogP contribution is 2.27. The second kappa shape index (κ2) is 6.92. The summed E-state index contributed by atoms with van der Waals surface area (Å²) in [6.45, 7) is 2.63. The smallest absolute Gasteiger partial charge is 0.227 e. The molecule has 0 aliphatic carbocycles. The zero-order chi connectivity index (χ0) is 17.9. The minimum absolute atomic E-state index is 0.502. The molecule has 4 aromatic rings. The lowest BCUT2D eigenvalue weighted by atomic mass is 10.1. The summed E-state index contributed by atoms with van der Waals surface area (Å²) in [6.07, 6.45) is 0.984. The molecule has 0 saturated carbocycles. The minimum atomic E-state index is 0.502. The SMILES string of the molecule is CCc1ccc2oc(-c3ccc(OCc4ccc(N)cc4)cc3)nc2c1.